The van der Waals surface area contributed by atoms with Crippen molar-refractivity contribution in [3.8, 4) is 17.2 Å². The average molecular weight is 572 g/mol. The van der Waals surface area contributed by atoms with E-state index in [1.54, 1.807) is 6.07 Å². The third-order valence-corrected chi connectivity index (χ3v) is 6.25. The SMILES string of the molecule is CN(CC1CNCCO1)c1c(NC(=O)c2ccn(-c3ccnnc3)n2)ccc(Oc2ccccc2F)c1C(F)(F)F. The summed E-state index contributed by atoms with van der Waals surface area (Å²) >= 11 is 0. The van der Waals surface area contributed by atoms with E-state index in [1.807, 2.05) is 0 Å². The van der Waals surface area contributed by atoms with Crippen LogP contribution in [0.4, 0.5) is 28.9 Å². The molecule has 10 nitrogen and oxygen atoms in total. The molecule has 3 heterocycles. The second-order valence-electron chi connectivity index (χ2n) is 9.14. The number of nitrogens with zero attached hydrogens (tertiary/aromatic N) is 5. The molecule has 1 aliphatic heterocycles. The van der Waals surface area contributed by atoms with Crippen LogP contribution in [0.25, 0.3) is 5.69 Å². The van der Waals surface area contributed by atoms with E-state index in [0.29, 0.717) is 25.4 Å². The van der Waals surface area contributed by atoms with E-state index >= 15 is 0 Å². The molecule has 2 aromatic carbocycles. The molecule has 14 heteroatoms. The highest BCUT2D eigenvalue weighted by Gasteiger charge is 2.41. The Kier molecular flexibility index (Phi) is 8.12. The molecule has 4 aromatic rings. The fraction of sp³-hybridized carbons (Fsp3) is 0.259. The summed E-state index contributed by atoms with van der Waals surface area (Å²) in [5, 5.41) is 17.4. The Balaban J connectivity index is 1.53. The van der Waals surface area contributed by atoms with Gasteiger partial charge in [-0.3, -0.25) is 4.79 Å². The lowest BCUT2D eigenvalue weighted by molar-refractivity contribution is -0.138. The predicted octanol–water partition coefficient (Wildman–Crippen LogP) is 4.29. The highest BCUT2D eigenvalue weighted by Crippen LogP contribution is 2.47. The number of morpholine rings is 1. The van der Waals surface area contributed by atoms with Gasteiger partial charge in [0.2, 0.25) is 0 Å². The number of likely N-dealkylation sites (N-methyl/N-ethyl adjacent to an activating group) is 1. The van der Waals surface area contributed by atoms with E-state index in [9.17, 15) is 22.4 Å². The maximum absolute atomic E-state index is 14.7. The minimum absolute atomic E-state index is 0.0459. The second kappa shape index (κ2) is 11.9. The van der Waals surface area contributed by atoms with Crippen molar-refractivity contribution >= 4 is 17.3 Å². The maximum atomic E-state index is 14.7. The molecule has 1 fully saturated rings. The first-order valence-corrected chi connectivity index (χ1v) is 12.5. The number of anilines is 2. The Morgan fingerprint density at radius 3 is 2.71 bits per heavy atom. The van der Waals surface area contributed by atoms with Crippen molar-refractivity contribution in [3.63, 3.8) is 0 Å². The quantitative estimate of drug-likeness (QED) is 0.302. The van der Waals surface area contributed by atoms with Gasteiger partial charge < -0.3 is 25.0 Å². The fourth-order valence-corrected chi connectivity index (χ4v) is 4.40. The Hall–Kier alpha value is -4.56. The third kappa shape index (κ3) is 6.44. The molecule has 1 aliphatic rings. The van der Waals surface area contributed by atoms with Gasteiger partial charge in [-0.05, 0) is 36.4 Å². The molecule has 5 rings (SSSR count). The van der Waals surface area contributed by atoms with Gasteiger partial charge in [0.25, 0.3) is 5.91 Å². The number of para-hydroxylation sites is 1. The Morgan fingerprint density at radius 2 is 2.00 bits per heavy atom. The van der Waals surface area contributed by atoms with Crippen molar-refractivity contribution in [2.45, 2.75) is 12.3 Å². The highest BCUT2D eigenvalue weighted by atomic mass is 19.4. The number of halogens is 4. The van der Waals surface area contributed by atoms with E-state index in [4.69, 9.17) is 9.47 Å². The van der Waals surface area contributed by atoms with Crippen LogP contribution in [0.1, 0.15) is 16.1 Å². The van der Waals surface area contributed by atoms with Gasteiger partial charge in [-0.25, -0.2) is 9.07 Å². The predicted molar refractivity (Wildman–Crippen MR) is 141 cm³/mol. The topological polar surface area (TPSA) is 106 Å². The zero-order chi connectivity index (χ0) is 29.0. The summed E-state index contributed by atoms with van der Waals surface area (Å²) < 4.78 is 70.9. The Morgan fingerprint density at radius 1 is 1.17 bits per heavy atom. The summed E-state index contributed by atoms with van der Waals surface area (Å²) in [5.74, 6) is -2.57. The maximum Gasteiger partial charge on any atom is 0.422 e. The molecule has 0 saturated carbocycles. The van der Waals surface area contributed by atoms with Gasteiger partial charge in [0, 0.05) is 32.9 Å². The van der Waals surface area contributed by atoms with Gasteiger partial charge in [-0.1, -0.05) is 12.1 Å². The zero-order valence-electron chi connectivity index (χ0n) is 21.7. The first kappa shape index (κ1) is 28.0. The normalized spacial score (nSPS) is 15.4. The van der Waals surface area contributed by atoms with Gasteiger partial charge >= 0.3 is 6.18 Å². The van der Waals surface area contributed by atoms with Gasteiger partial charge in [0.15, 0.2) is 17.3 Å². The molecule has 2 aromatic heterocycles. The van der Waals surface area contributed by atoms with Crippen molar-refractivity contribution in [2.75, 3.05) is 43.5 Å². The molecule has 1 atom stereocenters. The number of hydrogen-bond acceptors (Lipinski definition) is 8. The molecular weight excluding hydrogens is 546 g/mol. The van der Waals surface area contributed by atoms with Gasteiger partial charge in [-0.2, -0.15) is 28.5 Å². The lowest BCUT2D eigenvalue weighted by atomic mass is 10.1. The minimum Gasteiger partial charge on any atom is -0.454 e. The van der Waals surface area contributed by atoms with Crippen molar-refractivity contribution in [1.29, 1.82) is 0 Å². The molecule has 1 unspecified atom stereocenters. The van der Waals surface area contributed by atoms with Crippen molar-refractivity contribution in [2.24, 2.45) is 0 Å². The van der Waals surface area contributed by atoms with Crippen LogP contribution >= 0.6 is 0 Å². The molecule has 0 radical (unpaired) electrons. The molecule has 0 aliphatic carbocycles. The van der Waals surface area contributed by atoms with E-state index in [2.05, 4.69) is 25.9 Å². The van der Waals surface area contributed by atoms with Crippen LogP contribution in [-0.4, -0.2) is 65.3 Å². The Labute approximate surface area is 231 Å². The number of rotatable bonds is 8. The number of carbonyl (C=O) groups excluding carboxylic acids is 1. The van der Waals surface area contributed by atoms with Crippen molar-refractivity contribution < 1.29 is 31.8 Å². The largest absolute Gasteiger partial charge is 0.454 e. The molecule has 2 N–H and O–H groups in total. The summed E-state index contributed by atoms with van der Waals surface area (Å²) in [6.45, 7) is 1.52. The summed E-state index contributed by atoms with van der Waals surface area (Å²) in [6, 6.07) is 10.5. The molecule has 0 spiro atoms. The van der Waals surface area contributed by atoms with Crippen molar-refractivity contribution in [3.05, 3.63) is 84.2 Å². The molecule has 214 valence electrons. The van der Waals surface area contributed by atoms with Gasteiger partial charge in [-0.15, -0.1) is 0 Å². The van der Waals surface area contributed by atoms with Crippen LogP contribution in [-0.2, 0) is 10.9 Å². The number of nitrogens with one attached hydrogen (secondary N) is 2. The summed E-state index contributed by atoms with van der Waals surface area (Å²) in [5.41, 5.74) is -1.20. The summed E-state index contributed by atoms with van der Waals surface area (Å²) in [7, 11) is 1.45. The first-order valence-electron chi connectivity index (χ1n) is 12.5. The van der Waals surface area contributed by atoms with E-state index in [0.717, 1.165) is 12.1 Å². The number of aromatic nitrogens is 4. The molecule has 41 heavy (non-hydrogen) atoms. The molecule has 0 bridgehead atoms. The number of alkyl halides is 3. The third-order valence-electron chi connectivity index (χ3n) is 6.25. The number of amides is 1. The lowest BCUT2D eigenvalue weighted by Gasteiger charge is -2.32. The van der Waals surface area contributed by atoms with E-state index in [-0.39, 0.29) is 29.4 Å². The van der Waals surface area contributed by atoms with Crippen LogP contribution < -0.4 is 20.3 Å². The number of carbonyl (C=O) groups is 1. The van der Waals surface area contributed by atoms with Crippen LogP contribution in [0, 0.1) is 5.82 Å². The summed E-state index contributed by atoms with van der Waals surface area (Å²) in [6.07, 6.45) is -0.952. The van der Waals surface area contributed by atoms with Crippen LogP contribution in [0.5, 0.6) is 11.5 Å². The Bertz CT molecular complexity index is 1510. The minimum atomic E-state index is -4.94. The van der Waals surface area contributed by atoms with E-state index in [1.165, 1.54) is 65.6 Å². The van der Waals surface area contributed by atoms with Gasteiger partial charge in [0.05, 0.1) is 42.2 Å². The number of hydrogen-bond donors (Lipinski definition) is 2. The first-order chi connectivity index (χ1) is 19.7. The monoisotopic (exact) mass is 571 g/mol. The standard InChI is InChI=1S/C27H25F4N7O3/c1-37(16-18-15-32-11-13-40-18)25-20(35-26(39)21-9-12-38(36-21)17-8-10-33-34-14-17)6-7-23(24(25)27(29,30)31)41-22-5-3-2-4-19(22)28/h2-10,12,14,18,32H,11,13,15-16H2,1H3,(H,35,39). The lowest BCUT2D eigenvalue weighted by Crippen LogP contribution is -2.45. The number of ether oxygens (including phenoxy) is 2. The smallest absolute Gasteiger partial charge is 0.422 e. The molecule has 1 amide bonds. The summed E-state index contributed by atoms with van der Waals surface area (Å²) in [4.78, 5) is 14.5. The zero-order valence-corrected chi connectivity index (χ0v) is 21.7. The highest BCUT2D eigenvalue weighted by molar-refractivity contribution is 6.05. The fourth-order valence-electron chi connectivity index (χ4n) is 4.40. The molecular formula is C27H25F4N7O3. The molecule has 1 saturated heterocycles. The van der Waals surface area contributed by atoms with Crippen molar-refractivity contribution in [1.82, 2.24) is 25.3 Å². The van der Waals surface area contributed by atoms with E-state index < -0.39 is 35.3 Å². The van der Waals surface area contributed by atoms with Gasteiger partial charge in [0.1, 0.15) is 11.3 Å². The number of benzene rings is 2. The average Bonchev–Trinajstić information content (AvgIpc) is 3.46. The van der Waals surface area contributed by atoms with Crippen LogP contribution in [0.3, 0.4) is 0 Å². The van der Waals surface area contributed by atoms with Crippen LogP contribution in [0.2, 0.25) is 0 Å². The second-order valence-corrected chi connectivity index (χ2v) is 9.14. The van der Waals surface area contributed by atoms with Crippen LogP contribution in [0.15, 0.2) is 67.1 Å².